The van der Waals surface area contributed by atoms with E-state index in [-0.39, 0.29) is 11.9 Å². The number of nitrogens with zero attached hydrogens (tertiary/aromatic N) is 2. The lowest BCUT2D eigenvalue weighted by molar-refractivity contribution is 0.0999. The van der Waals surface area contributed by atoms with Gasteiger partial charge in [-0.05, 0) is 24.6 Å². The van der Waals surface area contributed by atoms with E-state index in [2.05, 4.69) is 9.98 Å². The van der Waals surface area contributed by atoms with Crippen molar-refractivity contribution in [1.82, 2.24) is 0 Å². The lowest BCUT2D eigenvalue weighted by atomic mass is 10.1. The zero-order chi connectivity index (χ0) is 13.0. The lowest BCUT2D eigenvalue weighted by Gasteiger charge is -2.04. The molecule has 0 atom stereocenters. The monoisotopic (exact) mass is 234 g/mol. The van der Waals surface area contributed by atoms with Gasteiger partial charge >= 0.3 is 0 Å². The summed E-state index contributed by atoms with van der Waals surface area (Å²) in [5.74, 6) is -0.801. The van der Waals surface area contributed by atoms with E-state index in [0.29, 0.717) is 16.8 Å². The summed E-state index contributed by atoms with van der Waals surface area (Å²) in [6.07, 6.45) is 0. The first-order valence-electron chi connectivity index (χ1n) is 4.75. The summed E-state index contributed by atoms with van der Waals surface area (Å²) in [4.78, 5) is 18.7. The molecule has 0 saturated heterocycles. The van der Waals surface area contributed by atoms with Gasteiger partial charge in [-0.15, -0.1) is 0 Å². The molecule has 0 bridgehead atoms. The van der Waals surface area contributed by atoms with Crippen LogP contribution in [0.25, 0.3) is 0 Å². The van der Waals surface area contributed by atoms with Crippen LogP contribution in [0, 0.1) is 6.92 Å². The van der Waals surface area contributed by atoms with Gasteiger partial charge < -0.3 is 22.9 Å². The minimum Gasteiger partial charge on any atom is -0.370 e. The number of aliphatic imine (C=N–C) groups is 2. The van der Waals surface area contributed by atoms with Crippen molar-refractivity contribution in [3.63, 3.8) is 0 Å². The zero-order valence-electron chi connectivity index (χ0n) is 9.34. The third-order valence-corrected chi connectivity index (χ3v) is 2.05. The SMILES string of the molecule is Cc1c(N=C(N)N=C(N)N)cccc1C(N)=O. The number of carbonyl (C=O) groups is 1. The summed E-state index contributed by atoms with van der Waals surface area (Å²) in [6.45, 7) is 1.71. The number of carbonyl (C=O) groups excluding carboxylic acids is 1. The maximum absolute atomic E-state index is 11.1. The van der Waals surface area contributed by atoms with Crippen LogP contribution >= 0.6 is 0 Å². The van der Waals surface area contributed by atoms with E-state index in [1.807, 2.05) is 0 Å². The first kappa shape index (κ1) is 12.5. The highest BCUT2D eigenvalue weighted by Gasteiger charge is 2.07. The van der Waals surface area contributed by atoms with Gasteiger partial charge in [0.25, 0.3) is 0 Å². The Bertz CT molecular complexity index is 502. The molecule has 7 nitrogen and oxygen atoms in total. The molecule has 0 radical (unpaired) electrons. The second-order valence-corrected chi connectivity index (χ2v) is 3.32. The Morgan fingerprint density at radius 1 is 1.18 bits per heavy atom. The van der Waals surface area contributed by atoms with E-state index in [1.165, 1.54) is 0 Å². The molecule has 90 valence electrons. The van der Waals surface area contributed by atoms with E-state index >= 15 is 0 Å². The quantitative estimate of drug-likeness (QED) is 0.396. The smallest absolute Gasteiger partial charge is 0.249 e. The molecule has 0 fully saturated rings. The van der Waals surface area contributed by atoms with Crippen molar-refractivity contribution in [2.24, 2.45) is 32.9 Å². The summed E-state index contributed by atoms with van der Waals surface area (Å²) in [5, 5.41) is 0. The highest BCUT2D eigenvalue weighted by Crippen LogP contribution is 2.21. The molecule has 1 aromatic carbocycles. The molecule has 0 saturated carbocycles. The molecular formula is C10H14N6O. The van der Waals surface area contributed by atoms with Gasteiger partial charge in [0, 0.05) is 5.56 Å². The molecule has 17 heavy (non-hydrogen) atoms. The Hall–Kier alpha value is -2.57. The van der Waals surface area contributed by atoms with Crippen LogP contribution in [0.15, 0.2) is 28.2 Å². The van der Waals surface area contributed by atoms with Gasteiger partial charge in [-0.25, -0.2) is 4.99 Å². The number of hydrogen-bond donors (Lipinski definition) is 4. The molecule has 8 N–H and O–H groups in total. The van der Waals surface area contributed by atoms with Crippen molar-refractivity contribution in [2.45, 2.75) is 6.92 Å². The number of primary amides is 1. The topological polar surface area (TPSA) is 146 Å². The Morgan fingerprint density at radius 2 is 1.82 bits per heavy atom. The van der Waals surface area contributed by atoms with Crippen LogP contribution in [0.2, 0.25) is 0 Å². The third-order valence-electron chi connectivity index (χ3n) is 2.05. The molecule has 0 aliphatic heterocycles. The van der Waals surface area contributed by atoms with Crippen molar-refractivity contribution in [2.75, 3.05) is 0 Å². The lowest BCUT2D eigenvalue weighted by Crippen LogP contribution is -2.26. The van der Waals surface area contributed by atoms with Crippen LogP contribution in [0.4, 0.5) is 5.69 Å². The van der Waals surface area contributed by atoms with Gasteiger partial charge in [-0.1, -0.05) is 6.07 Å². The van der Waals surface area contributed by atoms with Crippen LogP contribution in [0.3, 0.4) is 0 Å². The first-order chi connectivity index (χ1) is 7.91. The van der Waals surface area contributed by atoms with E-state index in [4.69, 9.17) is 22.9 Å². The van der Waals surface area contributed by atoms with Gasteiger partial charge in [0.15, 0.2) is 5.96 Å². The van der Waals surface area contributed by atoms with Crippen molar-refractivity contribution >= 4 is 23.5 Å². The minimum absolute atomic E-state index is 0.0882. The summed E-state index contributed by atoms with van der Waals surface area (Å²) >= 11 is 0. The fourth-order valence-electron chi connectivity index (χ4n) is 1.29. The van der Waals surface area contributed by atoms with Gasteiger partial charge in [-0.2, -0.15) is 4.99 Å². The second kappa shape index (κ2) is 4.97. The molecular weight excluding hydrogens is 220 g/mol. The number of benzene rings is 1. The van der Waals surface area contributed by atoms with Crippen molar-refractivity contribution in [1.29, 1.82) is 0 Å². The standard InChI is InChI=1S/C10H14N6O/c1-5-6(8(11)17)3-2-4-7(5)15-10(14)16-9(12)13/h2-4H,1H3,(H2,11,17)(H6,12,13,14,15,16). The largest absolute Gasteiger partial charge is 0.370 e. The highest BCUT2D eigenvalue weighted by molar-refractivity contribution is 5.97. The van der Waals surface area contributed by atoms with E-state index in [1.54, 1.807) is 25.1 Å². The van der Waals surface area contributed by atoms with E-state index < -0.39 is 5.91 Å². The predicted octanol–water partition coefficient (Wildman–Crippen LogP) is -0.686. The van der Waals surface area contributed by atoms with Crippen LogP contribution in [-0.4, -0.2) is 17.8 Å². The Kier molecular flexibility index (Phi) is 3.66. The second-order valence-electron chi connectivity index (χ2n) is 3.32. The summed E-state index contributed by atoms with van der Waals surface area (Å²) in [7, 11) is 0. The average Bonchev–Trinajstić information content (AvgIpc) is 2.19. The summed E-state index contributed by atoms with van der Waals surface area (Å²) < 4.78 is 0. The van der Waals surface area contributed by atoms with Gasteiger partial charge in [-0.3, -0.25) is 4.79 Å². The highest BCUT2D eigenvalue weighted by atomic mass is 16.1. The van der Waals surface area contributed by atoms with Gasteiger partial charge in [0.1, 0.15) is 0 Å². The Labute approximate surface area is 98.2 Å². The number of rotatable bonds is 2. The van der Waals surface area contributed by atoms with Crippen LogP contribution in [-0.2, 0) is 0 Å². The minimum atomic E-state index is -0.528. The summed E-state index contributed by atoms with van der Waals surface area (Å²) in [5.41, 5.74) is 22.5. The Morgan fingerprint density at radius 3 is 2.35 bits per heavy atom. The van der Waals surface area contributed by atoms with Crippen LogP contribution in [0.1, 0.15) is 15.9 Å². The molecule has 0 aliphatic carbocycles. The normalized spacial score (nSPS) is 11.0. The van der Waals surface area contributed by atoms with Crippen LogP contribution < -0.4 is 22.9 Å². The third kappa shape index (κ3) is 3.20. The van der Waals surface area contributed by atoms with Crippen LogP contribution in [0.5, 0.6) is 0 Å². The zero-order valence-corrected chi connectivity index (χ0v) is 9.34. The van der Waals surface area contributed by atoms with E-state index in [9.17, 15) is 4.79 Å². The molecule has 0 unspecified atom stereocenters. The number of amides is 1. The molecule has 0 spiro atoms. The molecule has 0 aliphatic rings. The van der Waals surface area contributed by atoms with Crippen molar-refractivity contribution < 1.29 is 4.79 Å². The fraction of sp³-hybridized carbons (Fsp3) is 0.100. The predicted molar refractivity (Wildman–Crippen MR) is 66.8 cm³/mol. The van der Waals surface area contributed by atoms with Gasteiger partial charge in [0.2, 0.25) is 11.9 Å². The summed E-state index contributed by atoms with van der Waals surface area (Å²) in [6, 6.07) is 4.93. The van der Waals surface area contributed by atoms with Crippen molar-refractivity contribution in [3.8, 4) is 0 Å². The Balaban J connectivity index is 3.21. The maximum Gasteiger partial charge on any atom is 0.249 e. The number of guanidine groups is 2. The molecule has 0 heterocycles. The van der Waals surface area contributed by atoms with Crippen molar-refractivity contribution in [3.05, 3.63) is 29.3 Å². The fourth-order valence-corrected chi connectivity index (χ4v) is 1.29. The molecule has 7 heteroatoms. The number of hydrogen-bond acceptors (Lipinski definition) is 2. The first-order valence-corrected chi connectivity index (χ1v) is 4.75. The van der Waals surface area contributed by atoms with Gasteiger partial charge in [0.05, 0.1) is 5.69 Å². The molecule has 1 amide bonds. The average molecular weight is 234 g/mol. The molecule has 0 aromatic heterocycles. The maximum atomic E-state index is 11.1. The molecule has 1 rings (SSSR count). The molecule has 1 aromatic rings. The number of nitrogens with two attached hydrogens (primary N) is 4. The van der Waals surface area contributed by atoms with E-state index in [0.717, 1.165) is 0 Å².